The third-order valence-electron chi connectivity index (χ3n) is 2.77. The summed E-state index contributed by atoms with van der Waals surface area (Å²) < 4.78 is 23.8. The van der Waals surface area contributed by atoms with Gasteiger partial charge in [-0.1, -0.05) is 0 Å². The zero-order valence-corrected chi connectivity index (χ0v) is 7.70. The molecule has 74 valence electrons. The number of rotatable bonds is 1. The Hall–Kier alpha value is -1.09. The first-order valence-electron chi connectivity index (χ1n) is 4.89. The number of epoxide rings is 1. The molecule has 0 bridgehead atoms. The molecule has 1 aromatic carbocycles. The van der Waals surface area contributed by atoms with Crippen LogP contribution in [0, 0.1) is 5.82 Å². The summed E-state index contributed by atoms with van der Waals surface area (Å²) in [6.07, 6.45) is 2.26. The lowest BCUT2D eigenvalue weighted by molar-refractivity contribution is 0.136. The molecule has 1 fully saturated rings. The Balaban J connectivity index is 1.86. The molecule has 0 aliphatic carbocycles. The molecule has 0 spiro atoms. The van der Waals surface area contributed by atoms with E-state index in [2.05, 4.69) is 0 Å². The summed E-state index contributed by atoms with van der Waals surface area (Å²) in [5.41, 5.74) is 0.974. The molecule has 2 heterocycles. The molecule has 2 nitrogen and oxygen atoms in total. The van der Waals surface area contributed by atoms with Crippen LogP contribution >= 0.6 is 0 Å². The van der Waals surface area contributed by atoms with Crippen LogP contribution in [0.1, 0.15) is 12.0 Å². The fourth-order valence-corrected chi connectivity index (χ4v) is 1.91. The second kappa shape index (κ2) is 2.95. The molecule has 0 amide bonds. The first kappa shape index (κ1) is 8.24. The maximum absolute atomic E-state index is 12.9. The van der Waals surface area contributed by atoms with E-state index in [1.54, 1.807) is 12.1 Å². The third kappa shape index (κ3) is 1.38. The van der Waals surface area contributed by atoms with Crippen LogP contribution in [0.25, 0.3) is 0 Å². The van der Waals surface area contributed by atoms with Gasteiger partial charge in [0.25, 0.3) is 0 Å². The van der Waals surface area contributed by atoms with E-state index in [-0.39, 0.29) is 18.0 Å². The molecule has 0 unspecified atom stereocenters. The van der Waals surface area contributed by atoms with E-state index in [0.717, 1.165) is 30.8 Å². The van der Waals surface area contributed by atoms with Gasteiger partial charge in [0.1, 0.15) is 23.8 Å². The summed E-state index contributed by atoms with van der Waals surface area (Å²) in [5.74, 6) is 0.631. The van der Waals surface area contributed by atoms with Crippen LogP contribution < -0.4 is 4.74 Å². The van der Waals surface area contributed by atoms with Crippen LogP contribution in [-0.2, 0) is 11.2 Å². The Labute approximate surface area is 81.6 Å². The van der Waals surface area contributed by atoms with Crippen molar-refractivity contribution in [1.82, 2.24) is 0 Å². The first-order valence-corrected chi connectivity index (χ1v) is 4.89. The minimum atomic E-state index is -0.187. The lowest BCUT2D eigenvalue weighted by Crippen LogP contribution is -2.27. The van der Waals surface area contributed by atoms with Crippen LogP contribution in [-0.4, -0.2) is 18.8 Å². The number of aryl methyl sites for hydroxylation is 1. The number of ether oxygens (including phenoxy) is 2. The largest absolute Gasteiger partial charge is 0.487 e. The Bertz CT molecular complexity index is 360. The molecule has 1 saturated heterocycles. The van der Waals surface area contributed by atoms with Crippen molar-refractivity contribution in [1.29, 1.82) is 0 Å². The number of fused-ring (bicyclic) bond motifs is 1. The zero-order chi connectivity index (χ0) is 9.54. The summed E-state index contributed by atoms with van der Waals surface area (Å²) in [4.78, 5) is 0. The number of halogens is 1. The molecule has 0 aromatic heterocycles. The molecule has 2 aliphatic heterocycles. The molecule has 3 rings (SSSR count). The van der Waals surface area contributed by atoms with Gasteiger partial charge in [0.05, 0.1) is 6.61 Å². The zero-order valence-electron chi connectivity index (χ0n) is 7.70. The monoisotopic (exact) mass is 194 g/mol. The summed E-state index contributed by atoms with van der Waals surface area (Å²) >= 11 is 0. The highest BCUT2D eigenvalue weighted by atomic mass is 19.1. The normalized spacial score (nSPS) is 29.2. The van der Waals surface area contributed by atoms with Crippen molar-refractivity contribution in [2.24, 2.45) is 0 Å². The molecule has 0 N–H and O–H groups in total. The van der Waals surface area contributed by atoms with E-state index in [0.29, 0.717) is 0 Å². The van der Waals surface area contributed by atoms with E-state index in [4.69, 9.17) is 9.47 Å². The van der Waals surface area contributed by atoms with Gasteiger partial charge in [-0.2, -0.15) is 0 Å². The van der Waals surface area contributed by atoms with Crippen LogP contribution in [0.15, 0.2) is 18.2 Å². The van der Waals surface area contributed by atoms with Crippen LogP contribution in [0.4, 0.5) is 4.39 Å². The van der Waals surface area contributed by atoms with Crippen molar-refractivity contribution in [3.05, 3.63) is 29.6 Å². The molecule has 2 atom stereocenters. The number of hydrogen-bond donors (Lipinski definition) is 0. The molecular formula is C11H11FO2. The van der Waals surface area contributed by atoms with Gasteiger partial charge in [-0.3, -0.25) is 0 Å². The predicted molar refractivity (Wildman–Crippen MR) is 48.9 cm³/mol. The van der Waals surface area contributed by atoms with Crippen molar-refractivity contribution >= 4 is 0 Å². The molecule has 0 saturated carbocycles. The van der Waals surface area contributed by atoms with E-state index < -0.39 is 0 Å². The summed E-state index contributed by atoms with van der Waals surface area (Å²) in [7, 11) is 0. The molecule has 3 heteroatoms. The molecule has 1 aromatic rings. The maximum Gasteiger partial charge on any atom is 0.127 e. The second-order valence-electron chi connectivity index (χ2n) is 3.82. The minimum Gasteiger partial charge on any atom is -0.487 e. The molecular weight excluding hydrogens is 183 g/mol. The lowest BCUT2D eigenvalue weighted by atomic mass is 10.0. The first-order chi connectivity index (χ1) is 6.83. The Morgan fingerprint density at radius 2 is 2.14 bits per heavy atom. The summed E-state index contributed by atoms with van der Waals surface area (Å²) in [6.45, 7) is 0.807. The highest BCUT2D eigenvalue weighted by molar-refractivity contribution is 5.36. The van der Waals surface area contributed by atoms with Gasteiger partial charge in [-0.15, -0.1) is 0 Å². The number of benzene rings is 1. The van der Waals surface area contributed by atoms with Crippen molar-refractivity contribution in [3.8, 4) is 5.75 Å². The Morgan fingerprint density at radius 3 is 2.93 bits per heavy atom. The van der Waals surface area contributed by atoms with Crippen LogP contribution in [0.3, 0.4) is 0 Å². The SMILES string of the molecule is Fc1ccc2c(c1)CC[C@H]([C@@H]1CO1)O2. The van der Waals surface area contributed by atoms with Crippen molar-refractivity contribution in [3.63, 3.8) is 0 Å². The second-order valence-corrected chi connectivity index (χ2v) is 3.82. The van der Waals surface area contributed by atoms with Gasteiger partial charge in [-0.05, 0) is 36.6 Å². The minimum absolute atomic E-state index is 0.174. The highest BCUT2D eigenvalue weighted by Gasteiger charge is 2.36. The third-order valence-corrected chi connectivity index (χ3v) is 2.77. The van der Waals surface area contributed by atoms with E-state index >= 15 is 0 Å². The smallest absolute Gasteiger partial charge is 0.127 e. The van der Waals surface area contributed by atoms with Gasteiger partial charge in [0.15, 0.2) is 0 Å². The summed E-state index contributed by atoms with van der Waals surface area (Å²) in [5, 5.41) is 0. The van der Waals surface area contributed by atoms with Gasteiger partial charge in [0, 0.05) is 0 Å². The van der Waals surface area contributed by atoms with Crippen LogP contribution in [0.2, 0.25) is 0 Å². The van der Waals surface area contributed by atoms with Gasteiger partial charge >= 0.3 is 0 Å². The molecule has 0 radical (unpaired) electrons. The lowest BCUT2D eigenvalue weighted by Gasteiger charge is -2.24. The van der Waals surface area contributed by atoms with Crippen LogP contribution in [0.5, 0.6) is 5.75 Å². The van der Waals surface area contributed by atoms with Crippen molar-refractivity contribution < 1.29 is 13.9 Å². The Kier molecular flexibility index (Phi) is 1.74. The average Bonchev–Trinajstić information content (AvgIpc) is 3.00. The van der Waals surface area contributed by atoms with E-state index in [9.17, 15) is 4.39 Å². The highest BCUT2D eigenvalue weighted by Crippen LogP contribution is 2.32. The fraction of sp³-hybridized carbons (Fsp3) is 0.455. The van der Waals surface area contributed by atoms with Crippen molar-refractivity contribution in [2.75, 3.05) is 6.61 Å². The van der Waals surface area contributed by atoms with Crippen molar-refractivity contribution in [2.45, 2.75) is 25.0 Å². The number of hydrogen-bond acceptors (Lipinski definition) is 2. The standard InChI is InChI=1S/C11H11FO2/c12-8-2-4-9-7(5-8)1-3-10(14-9)11-6-13-11/h2,4-5,10-11H,1,3,6H2/t10-,11+/m1/s1. The molecule has 14 heavy (non-hydrogen) atoms. The van der Waals surface area contributed by atoms with E-state index in [1.165, 1.54) is 6.07 Å². The Morgan fingerprint density at radius 1 is 1.29 bits per heavy atom. The molecule has 2 aliphatic rings. The van der Waals surface area contributed by atoms with Gasteiger partial charge in [-0.25, -0.2) is 4.39 Å². The average molecular weight is 194 g/mol. The van der Waals surface area contributed by atoms with Gasteiger partial charge < -0.3 is 9.47 Å². The fourth-order valence-electron chi connectivity index (χ4n) is 1.91. The van der Waals surface area contributed by atoms with Gasteiger partial charge in [0.2, 0.25) is 0 Å². The predicted octanol–water partition coefficient (Wildman–Crippen LogP) is 1.92. The quantitative estimate of drug-likeness (QED) is 0.637. The topological polar surface area (TPSA) is 21.8 Å². The maximum atomic E-state index is 12.9. The summed E-state index contributed by atoms with van der Waals surface area (Å²) in [6, 6.07) is 4.70. The van der Waals surface area contributed by atoms with E-state index in [1.807, 2.05) is 0 Å².